The van der Waals surface area contributed by atoms with Gasteiger partial charge in [-0.25, -0.2) is 5.48 Å². The van der Waals surface area contributed by atoms with Gasteiger partial charge < -0.3 is 0 Å². The zero-order valence-electron chi connectivity index (χ0n) is 8.16. The molecule has 0 spiro atoms. The van der Waals surface area contributed by atoms with Crippen LogP contribution >= 0.6 is 0 Å². The van der Waals surface area contributed by atoms with Gasteiger partial charge in [0.05, 0.1) is 0 Å². The first-order valence-corrected chi connectivity index (χ1v) is 4.25. The SMILES string of the molecule is CC.Cc1cccc(C(=O)NO)c1. The van der Waals surface area contributed by atoms with Gasteiger partial charge in [0.25, 0.3) is 5.91 Å². The molecule has 0 heterocycles. The highest BCUT2D eigenvalue weighted by Gasteiger charge is 2.01. The van der Waals surface area contributed by atoms with Crippen molar-refractivity contribution in [3.05, 3.63) is 35.4 Å². The van der Waals surface area contributed by atoms with E-state index in [1.54, 1.807) is 23.7 Å². The van der Waals surface area contributed by atoms with E-state index >= 15 is 0 Å². The number of hydrogen-bond donors (Lipinski definition) is 2. The molecule has 2 N–H and O–H groups in total. The average molecular weight is 181 g/mol. The van der Waals surface area contributed by atoms with Crippen molar-refractivity contribution in [3.8, 4) is 0 Å². The molecule has 0 saturated carbocycles. The minimum absolute atomic E-state index is 0.465. The summed E-state index contributed by atoms with van der Waals surface area (Å²) in [6, 6.07) is 6.98. The lowest BCUT2D eigenvalue weighted by Gasteiger charge is -1.98. The third-order valence-corrected chi connectivity index (χ3v) is 1.38. The molecule has 0 saturated heterocycles. The van der Waals surface area contributed by atoms with Crippen LogP contribution in [0, 0.1) is 6.92 Å². The van der Waals surface area contributed by atoms with Gasteiger partial charge in [-0.1, -0.05) is 31.5 Å². The van der Waals surface area contributed by atoms with E-state index in [1.807, 2.05) is 26.8 Å². The van der Waals surface area contributed by atoms with E-state index in [9.17, 15) is 4.79 Å². The van der Waals surface area contributed by atoms with E-state index < -0.39 is 5.91 Å². The topological polar surface area (TPSA) is 49.3 Å². The van der Waals surface area contributed by atoms with Crippen molar-refractivity contribution in [2.45, 2.75) is 20.8 Å². The van der Waals surface area contributed by atoms with Crippen molar-refractivity contribution in [2.75, 3.05) is 0 Å². The van der Waals surface area contributed by atoms with Gasteiger partial charge in [0.2, 0.25) is 0 Å². The summed E-state index contributed by atoms with van der Waals surface area (Å²) in [6.45, 7) is 5.88. The van der Waals surface area contributed by atoms with Gasteiger partial charge in [0.15, 0.2) is 0 Å². The van der Waals surface area contributed by atoms with Crippen molar-refractivity contribution >= 4 is 5.91 Å². The van der Waals surface area contributed by atoms with Crippen LogP contribution in [0.3, 0.4) is 0 Å². The number of benzene rings is 1. The quantitative estimate of drug-likeness (QED) is 0.515. The largest absolute Gasteiger partial charge is 0.288 e. The number of rotatable bonds is 1. The standard InChI is InChI=1S/C8H9NO2.C2H6/c1-6-3-2-4-7(5-6)8(10)9-11;1-2/h2-5,11H,1H3,(H,9,10);1-2H3. The molecule has 0 aliphatic heterocycles. The van der Waals surface area contributed by atoms with Crippen LogP contribution < -0.4 is 5.48 Å². The molecule has 0 radical (unpaired) electrons. The second-order valence-corrected chi connectivity index (χ2v) is 2.31. The Balaban J connectivity index is 0.000000671. The van der Waals surface area contributed by atoms with E-state index in [0.717, 1.165) is 5.56 Å². The molecule has 3 nitrogen and oxygen atoms in total. The van der Waals surface area contributed by atoms with Crippen LogP contribution in [0.5, 0.6) is 0 Å². The summed E-state index contributed by atoms with van der Waals surface area (Å²) >= 11 is 0. The summed E-state index contributed by atoms with van der Waals surface area (Å²) in [5.41, 5.74) is 3.03. The fourth-order valence-corrected chi connectivity index (χ4v) is 0.851. The Morgan fingerprint density at radius 3 is 2.46 bits per heavy atom. The molecule has 0 unspecified atom stereocenters. The Morgan fingerprint density at radius 1 is 1.38 bits per heavy atom. The van der Waals surface area contributed by atoms with Gasteiger partial charge in [0, 0.05) is 5.56 Å². The first-order chi connectivity index (χ1) is 6.24. The Hall–Kier alpha value is -1.35. The van der Waals surface area contributed by atoms with Crippen LogP contribution in [0.4, 0.5) is 0 Å². The normalized spacial score (nSPS) is 8.31. The molecule has 1 aromatic carbocycles. The van der Waals surface area contributed by atoms with Gasteiger partial charge in [-0.05, 0) is 19.1 Å². The van der Waals surface area contributed by atoms with Gasteiger partial charge in [-0.2, -0.15) is 0 Å². The molecule has 1 amide bonds. The lowest BCUT2D eigenvalue weighted by molar-refractivity contribution is 0.0706. The van der Waals surface area contributed by atoms with Crippen molar-refractivity contribution in [3.63, 3.8) is 0 Å². The molecule has 1 aromatic rings. The number of carbonyl (C=O) groups is 1. The molecular weight excluding hydrogens is 166 g/mol. The maximum atomic E-state index is 10.8. The maximum absolute atomic E-state index is 10.8. The number of amides is 1. The lowest BCUT2D eigenvalue weighted by atomic mass is 10.1. The Labute approximate surface area is 78.4 Å². The van der Waals surface area contributed by atoms with Crippen LogP contribution in [0.1, 0.15) is 29.8 Å². The Kier molecular flexibility index (Phi) is 5.55. The molecular formula is C10H15NO2. The van der Waals surface area contributed by atoms with Crippen LogP contribution in [-0.4, -0.2) is 11.1 Å². The second-order valence-electron chi connectivity index (χ2n) is 2.31. The van der Waals surface area contributed by atoms with Crippen LogP contribution in [0.2, 0.25) is 0 Å². The smallest absolute Gasteiger partial charge is 0.274 e. The Morgan fingerprint density at radius 2 is 2.00 bits per heavy atom. The second kappa shape index (κ2) is 6.20. The molecule has 0 aliphatic rings. The molecule has 0 aromatic heterocycles. The molecule has 1 rings (SSSR count). The van der Waals surface area contributed by atoms with Gasteiger partial charge >= 0.3 is 0 Å². The molecule has 0 fully saturated rings. The lowest BCUT2D eigenvalue weighted by Crippen LogP contribution is -2.18. The molecule has 3 heteroatoms. The third kappa shape index (κ3) is 3.71. The van der Waals surface area contributed by atoms with Crippen LogP contribution in [-0.2, 0) is 0 Å². The summed E-state index contributed by atoms with van der Waals surface area (Å²) < 4.78 is 0. The van der Waals surface area contributed by atoms with E-state index in [2.05, 4.69) is 0 Å². The molecule has 0 atom stereocenters. The predicted octanol–water partition coefficient (Wildman–Crippen LogP) is 2.14. The fourth-order valence-electron chi connectivity index (χ4n) is 0.851. The van der Waals surface area contributed by atoms with E-state index in [4.69, 9.17) is 5.21 Å². The van der Waals surface area contributed by atoms with Gasteiger partial charge in [-0.15, -0.1) is 0 Å². The van der Waals surface area contributed by atoms with Gasteiger partial charge in [0.1, 0.15) is 0 Å². The highest BCUT2D eigenvalue weighted by atomic mass is 16.5. The predicted molar refractivity (Wildman–Crippen MR) is 51.8 cm³/mol. The molecule has 0 aliphatic carbocycles. The summed E-state index contributed by atoms with van der Waals surface area (Å²) in [5, 5.41) is 8.28. The summed E-state index contributed by atoms with van der Waals surface area (Å²) in [5.74, 6) is -0.478. The van der Waals surface area contributed by atoms with Gasteiger partial charge in [-0.3, -0.25) is 10.0 Å². The average Bonchev–Trinajstić information content (AvgIpc) is 2.20. The van der Waals surface area contributed by atoms with E-state index in [0.29, 0.717) is 5.56 Å². The minimum Gasteiger partial charge on any atom is -0.288 e. The zero-order valence-corrected chi connectivity index (χ0v) is 8.16. The molecule has 0 bridgehead atoms. The van der Waals surface area contributed by atoms with Crippen molar-refractivity contribution in [1.82, 2.24) is 5.48 Å². The summed E-state index contributed by atoms with van der Waals surface area (Å²) in [7, 11) is 0. The zero-order chi connectivity index (χ0) is 10.3. The Bertz CT molecular complexity index is 271. The van der Waals surface area contributed by atoms with Crippen molar-refractivity contribution in [2.24, 2.45) is 0 Å². The fraction of sp³-hybridized carbons (Fsp3) is 0.300. The minimum atomic E-state index is -0.478. The maximum Gasteiger partial charge on any atom is 0.274 e. The number of hydroxylamine groups is 1. The molecule has 72 valence electrons. The van der Waals surface area contributed by atoms with Crippen molar-refractivity contribution in [1.29, 1.82) is 0 Å². The number of hydrogen-bond acceptors (Lipinski definition) is 2. The van der Waals surface area contributed by atoms with E-state index in [-0.39, 0.29) is 0 Å². The third-order valence-electron chi connectivity index (χ3n) is 1.38. The summed E-state index contributed by atoms with van der Waals surface area (Å²) in [6.07, 6.45) is 0. The highest BCUT2D eigenvalue weighted by Crippen LogP contribution is 2.02. The first-order valence-electron chi connectivity index (χ1n) is 4.25. The van der Waals surface area contributed by atoms with E-state index in [1.165, 1.54) is 0 Å². The highest BCUT2D eigenvalue weighted by molar-refractivity contribution is 5.93. The first kappa shape index (κ1) is 11.6. The summed E-state index contributed by atoms with van der Waals surface area (Å²) in [4.78, 5) is 10.8. The number of nitrogens with one attached hydrogen (secondary N) is 1. The van der Waals surface area contributed by atoms with Crippen LogP contribution in [0.15, 0.2) is 24.3 Å². The number of aryl methyl sites for hydroxylation is 1. The van der Waals surface area contributed by atoms with Crippen molar-refractivity contribution < 1.29 is 10.0 Å². The molecule has 13 heavy (non-hydrogen) atoms. The number of carbonyl (C=O) groups excluding carboxylic acids is 1. The monoisotopic (exact) mass is 181 g/mol. The van der Waals surface area contributed by atoms with Crippen LogP contribution in [0.25, 0.3) is 0 Å².